The molecule has 2 N–H and O–H groups in total. The van der Waals surface area contributed by atoms with Gasteiger partial charge in [0.25, 0.3) is 11.8 Å². The first kappa shape index (κ1) is 19.2. The lowest BCUT2D eigenvalue weighted by atomic mass is 10.1. The van der Waals surface area contributed by atoms with E-state index in [1.165, 1.54) is 12.3 Å². The van der Waals surface area contributed by atoms with Crippen LogP contribution in [0.25, 0.3) is 6.08 Å². The molecule has 0 spiro atoms. The van der Waals surface area contributed by atoms with Crippen molar-refractivity contribution < 1.29 is 14.0 Å². The van der Waals surface area contributed by atoms with Gasteiger partial charge < -0.3 is 15.1 Å². The minimum Gasteiger partial charge on any atom is -0.465 e. The third kappa shape index (κ3) is 4.76. The smallest absolute Gasteiger partial charge is 0.272 e. The molecular formula is C23H22N2O3. The summed E-state index contributed by atoms with van der Waals surface area (Å²) in [4.78, 5) is 25.5. The number of anilines is 1. The lowest BCUT2D eigenvalue weighted by molar-refractivity contribution is -0.113. The third-order valence-electron chi connectivity index (χ3n) is 4.27. The zero-order chi connectivity index (χ0) is 20.1. The van der Waals surface area contributed by atoms with Gasteiger partial charge in [-0.05, 0) is 56.7 Å². The molecule has 5 nitrogen and oxygen atoms in total. The molecule has 0 saturated heterocycles. The van der Waals surface area contributed by atoms with E-state index in [1.807, 2.05) is 51.1 Å². The second-order valence-electron chi connectivity index (χ2n) is 6.67. The Morgan fingerprint density at radius 2 is 1.64 bits per heavy atom. The van der Waals surface area contributed by atoms with Gasteiger partial charge in [-0.2, -0.15) is 0 Å². The number of aryl methyl sites for hydroxylation is 3. The molecule has 3 aromatic rings. The van der Waals surface area contributed by atoms with Crippen LogP contribution in [0.3, 0.4) is 0 Å². The largest absolute Gasteiger partial charge is 0.465 e. The van der Waals surface area contributed by atoms with Crippen LogP contribution in [0, 0.1) is 20.8 Å². The van der Waals surface area contributed by atoms with Crippen LogP contribution < -0.4 is 10.6 Å². The van der Waals surface area contributed by atoms with Crippen molar-refractivity contribution in [3.63, 3.8) is 0 Å². The van der Waals surface area contributed by atoms with E-state index < -0.39 is 5.91 Å². The lowest BCUT2D eigenvalue weighted by Gasteiger charge is -2.13. The second-order valence-corrected chi connectivity index (χ2v) is 6.67. The Balaban J connectivity index is 1.85. The molecule has 0 aliphatic heterocycles. The van der Waals surface area contributed by atoms with Crippen LogP contribution in [0.5, 0.6) is 0 Å². The summed E-state index contributed by atoms with van der Waals surface area (Å²) in [7, 11) is 0. The number of hydrogen-bond acceptors (Lipinski definition) is 3. The van der Waals surface area contributed by atoms with Gasteiger partial charge in [0.15, 0.2) is 0 Å². The highest BCUT2D eigenvalue weighted by Gasteiger charge is 2.16. The Bertz CT molecular complexity index is 1020. The van der Waals surface area contributed by atoms with E-state index in [0.29, 0.717) is 17.0 Å². The molecule has 0 aliphatic rings. The van der Waals surface area contributed by atoms with Crippen LogP contribution in [0.15, 0.2) is 71.0 Å². The van der Waals surface area contributed by atoms with E-state index in [-0.39, 0.29) is 11.6 Å². The molecule has 0 aliphatic carbocycles. The van der Waals surface area contributed by atoms with Gasteiger partial charge in [-0.25, -0.2) is 0 Å². The van der Waals surface area contributed by atoms with Crippen LogP contribution in [0.2, 0.25) is 0 Å². The fourth-order valence-electron chi connectivity index (χ4n) is 2.72. The number of amides is 2. The summed E-state index contributed by atoms with van der Waals surface area (Å²) in [5.74, 6) is -0.326. The van der Waals surface area contributed by atoms with Crippen molar-refractivity contribution in [3.05, 3.63) is 94.6 Å². The molecule has 142 valence electrons. The van der Waals surface area contributed by atoms with Gasteiger partial charge in [0.2, 0.25) is 0 Å². The highest BCUT2D eigenvalue weighted by molar-refractivity contribution is 6.10. The van der Waals surface area contributed by atoms with E-state index in [9.17, 15) is 9.59 Å². The van der Waals surface area contributed by atoms with Crippen molar-refractivity contribution in [2.75, 3.05) is 5.32 Å². The van der Waals surface area contributed by atoms with Gasteiger partial charge in [-0.3, -0.25) is 9.59 Å². The lowest BCUT2D eigenvalue weighted by Crippen LogP contribution is -2.30. The standard InChI is InChI=1S/C23H22N2O3/c1-15-6-9-18(10-7-15)22(26)25-21(14-19-5-4-12-28-19)23(27)24-20-11-8-16(2)13-17(20)3/h4-14H,1-3H3,(H,24,27)(H,25,26)/b21-14+. The molecule has 0 atom stereocenters. The fraction of sp³-hybridized carbons (Fsp3) is 0.130. The van der Waals surface area contributed by atoms with Gasteiger partial charge in [0.1, 0.15) is 11.5 Å². The maximum atomic E-state index is 12.9. The van der Waals surface area contributed by atoms with Crippen molar-refractivity contribution in [1.82, 2.24) is 5.32 Å². The number of hydrogen-bond donors (Lipinski definition) is 2. The topological polar surface area (TPSA) is 71.3 Å². The molecule has 0 radical (unpaired) electrons. The number of carbonyl (C=O) groups is 2. The molecule has 2 aromatic carbocycles. The van der Waals surface area contributed by atoms with Gasteiger partial charge in [-0.1, -0.05) is 35.4 Å². The van der Waals surface area contributed by atoms with Crippen LogP contribution in [-0.2, 0) is 4.79 Å². The van der Waals surface area contributed by atoms with Crippen LogP contribution in [-0.4, -0.2) is 11.8 Å². The molecule has 1 heterocycles. The first-order valence-corrected chi connectivity index (χ1v) is 8.94. The van der Waals surface area contributed by atoms with Crippen molar-refractivity contribution in [2.24, 2.45) is 0 Å². The molecule has 0 saturated carbocycles. The normalized spacial score (nSPS) is 11.2. The molecule has 0 bridgehead atoms. The zero-order valence-electron chi connectivity index (χ0n) is 16.1. The Morgan fingerprint density at radius 1 is 0.929 bits per heavy atom. The summed E-state index contributed by atoms with van der Waals surface area (Å²) in [6, 6.07) is 16.3. The Morgan fingerprint density at radius 3 is 2.29 bits per heavy atom. The van der Waals surface area contributed by atoms with Crippen LogP contribution in [0.1, 0.15) is 32.8 Å². The molecule has 2 amide bonds. The van der Waals surface area contributed by atoms with Crippen molar-refractivity contribution in [3.8, 4) is 0 Å². The number of rotatable bonds is 5. The van der Waals surface area contributed by atoms with Crippen LogP contribution in [0.4, 0.5) is 5.69 Å². The molecule has 0 fully saturated rings. The van der Waals surface area contributed by atoms with Gasteiger partial charge in [-0.15, -0.1) is 0 Å². The SMILES string of the molecule is Cc1ccc(C(=O)N/C(=C/c2ccco2)C(=O)Nc2ccc(C)cc2C)cc1. The average Bonchev–Trinajstić information content (AvgIpc) is 3.17. The quantitative estimate of drug-likeness (QED) is 0.641. The summed E-state index contributed by atoms with van der Waals surface area (Å²) in [6.45, 7) is 5.85. The third-order valence-corrected chi connectivity index (χ3v) is 4.27. The van der Waals surface area contributed by atoms with Gasteiger partial charge >= 0.3 is 0 Å². The fourth-order valence-corrected chi connectivity index (χ4v) is 2.72. The number of furan rings is 1. The zero-order valence-corrected chi connectivity index (χ0v) is 16.1. The number of nitrogens with one attached hydrogen (secondary N) is 2. The summed E-state index contributed by atoms with van der Waals surface area (Å²) in [5, 5.41) is 5.54. The van der Waals surface area contributed by atoms with E-state index in [4.69, 9.17) is 4.42 Å². The molecule has 1 aromatic heterocycles. The predicted octanol–water partition coefficient (Wildman–Crippen LogP) is 4.61. The summed E-state index contributed by atoms with van der Waals surface area (Å²) in [6.07, 6.45) is 3.01. The maximum Gasteiger partial charge on any atom is 0.272 e. The maximum absolute atomic E-state index is 12.9. The predicted molar refractivity (Wildman–Crippen MR) is 110 cm³/mol. The number of carbonyl (C=O) groups excluding carboxylic acids is 2. The van der Waals surface area contributed by atoms with Crippen LogP contribution >= 0.6 is 0 Å². The first-order chi connectivity index (χ1) is 13.4. The van der Waals surface area contributed by atoms with E-state index in [1.54, 1.807) is 24.3 Å². The summed E-state index contributed by atoms with van der Waals surface area (Å²) >= 11 is 0. The molecule has 5 heteroatoms. The monoisotopic (exact) mass is 374 g/mol. The Hall–Kier alpha value is -3.60. The van der Waals surface area contributed by atoms with Crippen molar-refractivity contribution in [2.45, 2.75) is 20.8 Å². The highest BCUT2D eigenvalue weighted by Crippen LogP contribution is 2.17. The molecule has 3 rings (SSSR count). The van der Waals surface area contributed by atoms with E-state index in [0.717, 1.165) is 16.7 Å². The molecular weight excluding hydrogens is 352 g/mol. The minimum absolute atomic E-state index is 0.0977. The summed E-state index contributed by atoms with van der Waals surface area (Å²) < 4.78 is 5.30. The average molecular weight is 374 g/mol. The Labute approximate surface area is 164 Å². The number of benzene rings is 2. The highest BCUT2D eigenvalue weighted by atomic mass is 16.3. The minimum atomic E-state index is -0.427. The van der Waals surface area contributed by atoms with Gasteiger partial charge in [0, 0.05) is 17.3 Å². The Kier molecular flexibility index (Phi) is 5.75. The molecule has 0 unspecified atom stereocenters. The summed E-state index contributed by atoms with van der Waals surface area (Å²) in [5.41, 5.74) is 4.35. The first-order valence-electron chi connectivity index (χ1n) is 8.94. The van der Waals surface area contributed by atoms with Crippen molar-refractivity contribution in [1.29, 1.82) is 0 Å². The molecule has 28 heavy (non-hydrogen) atoms. The van der Waals surface area contributed by atoms with E-state index >= 15 is 0 Å². The van der Waals surface area contributed by atoms with Gasteiger partial charge in [0.05, 0.1) is 6.26 Å². The second kappa shape index (κ2) is 8.39. The van der Waals surface area contributed by atoms with Crippen molar-refractivity contribution >= 4 is 23.6 Å². The van der Waals surface area contributed by atoms with E-state index in [2.05, 4.69) is 10.6 Å².